The van der Waals surface area contributed by atoms with Gasteiger partial charge in [0.1, 0.15) is 12.6 Å². The first-order valence-corrected chi connectivity index (χ1v) is 8.40. The monoisotopic (exact) mass is 394 g/mol. The van der Waals surface area contributed by atoms with Crippen LogP contribution in [0.1, 0.15) is 11.1 Å². The minimum Gasteiger partial charge on any atom is -0.394 e. The lowest BCUT2D eigenvalue weighted by molar-refractivity contribution is -0.130. The first kappa shape index (κ1) is 20.4. The quantitative estimate of drug-likeness (QED) is 0.492. The van der Waals surface area contributed by atoms with Crippen molar-refractivity contribution in [1.29, 1.82) is 0 Å². The Kier molecular flexibility index (Phi) is 6.91. The van der Waals surface area contributed by atoms with E-state index in [1.807, 2.05) is 0 Å². The summed E-state index contributed by atoms with van der Waals surface area (Å²) in [4.78, 5) is 49.3. The Morgan fingerprint density at radius 1 is 1.26 bits per heavy atom. The molecular formula is C17H19ClN4O5. The van der Waals surface area contributed by atoms with E-state index in [1.54, 1.807) is 24.3 Å². The van der Waals surface area contributed by atoms with Crippen LogP contribution in [0.4, 0.5) is 0 Å². The Labute approximate surface area is 159 Å². The van der Waals surface area contributed by atoms with Gasteiger partial charge < -0.3 is 15.7 Å². The molecule has 9 nitrogen and oxygen atoms in total. The number of hydrogen-bond acceptors (Lipinski definition) is 5. The molecule has 0 bridgehead atoms. The van der Waals surface area contributed by atoms with Gasteiger partial charge in [0.25, 0.3) is 5.56 Å². The molecule has 1 unspecified atom stereocenters. The molecule has 1 atom stereocenters. The highest BCUT2D eigenvalue weighted by atomic mass is 35.5. The van der Waals surface area contributed by atoms with Gasteiger partial charge in [-0.1, -0.05) is 23.7 Å². The third-order valence-corrected chi connectivity index (χ3v) is 3.97. The number of benzene rings is 1. The average Bonchev–Trinajstić information content (AvgIpc) is 2.63. The number of carbonyl (C=O) groups excluding carboxylic acids is 2. The van der Waals surface area contributed by atoms with E-state index in [0.29, 0.717) is 5.02 Å². The fraction of sp³-hybridized carbons (Fsp3) is 0.294. The van der Waals surface area contributed by atoms with Gasteiger partial charge in [0.05, 0.1) is 6.61 Å². The molecule has 0 aliphatic carbocycles. The molecule has 1 heterocycles. The number of aromatic amines is 1. The lowest BCUT2D eigenvalue weighted by Crippen LogP contribution is -2.50. The fourth-order valence-corrected chi connectivity index (χ4v) is 2.37. The molecule has 2 rings (SSSR count). The van der Waals surface area contributed by atoms with Crippen molar-refractivity contribution < 1.29 is 14.7 Å². The molecule has 2 amide bonds. The van der Waals surface area contributed by atoms with E-state index >= 15 is 0 Å². The highest BCUT2D eigenvalue weighted by Gasteiger charge is 2.20. The van der Waals surface area contributed by atoms with Crippen LogP contribution in [-0.2, 0) is 22.7 Å². The van der Waals surface area contributed by atoms with E-state index in [1.165, 1.54) is 13.1 Å². The number of halogens is 1. The van der Waals surface area contributed by atoms with E-state index < -0.39 is 42.3 Å². The zero-order chi connectivity index (χ0) is 20.0. The Morgan fingerprint density at radius 3 is 2.56 bits per heavy atom. The Hall–Kier alpha value is -2.91. The molecule has 144 valence electrons. The maximum absolute atomic E-state index is 12.1. The molecule has 0 saturated carbocycles. The molecule has 0 aliphatic rings. The van der Waals surface area contributed by atoms with Gasteiger partial charge in [0, 0.05) is 23.3 Å². The van der Waals surface area contributed by atoms with E-state index in [4.69, 9.17) is 11.6 Å². The van der Waals surface area contributed by atoms with Crippen molar-refractivity contribution in [3.8, 4) is 0 Å². The van der Waals surface area contributed by atoms with Crippen LogP contribution in [0.5, 0.6) is 0 Å². The average molecular weight is 395 g/mol. The van der Waals surface area contributed by atoms with Gasteiger partial charge >= 0.3 is 5.69 Å². The van der Waals surface area contributed by atoms with Crippen molar-refractivity contribution in [3.05, 3.63) is 67.4 Å². The van der Waals surface area contributed by atoms with Gasteiger partial charge in [0.15, 0.2) is 0 Å². The third kappa shape index (κ3) is 5.80. The summed E-state index contributed by atoms with van der Waals surface area (Å²) in [5.74, 6) is -1.24. The number of H-pyrrole nitrogens is 1. The summed E-state index contributed by atoms with van der Waals surface area (Å²) in [6.45, 7) is 0.670. The maximum atomic E-state index is 12.1. The summed E-state index contributed by atoms with van der Waals surface area (Å²) in [6.07, 6.45) is 1.25. The summed E-state index contributed by atoms with van der Waals surface area (Å²) in [7, 11) is 0. The van der Waals surface area contributed by atoms with Gasteiger partial charge in [-0.15, -0.1) is 0 Å². The minimum atomic E-state index is -1.18. The number of hydrogen-bond donors (Lipinski definition) is 4. The van der Waals surface area contributed by atoms with E-state index in [0.717, 1.165) is 10.1 Å². The summed E-state index contributed by atoms with van der Waals surface area (Å²) in [5, 5.41) is 14.9. The first-order chi connectivity index (χ1) is 12.8. The molecule has 0 saturated heterocycles. The van der Waals surface area contributed by atoms with Crippen LogP contribution in [0.15, 0.2) is 40.1 Å². The van der Waals surface area contributed by atoms with E-state index in [-0.39, 0.29) is 12.1 Å². The zero-order valence-corrected chi connectivity index (χ0v) is 15.2. The van der Waals surface area contributed by atoms with Gasteiger partial charge in [-0.2, -0.15) is 0 Å². The first-order valence-electron chi connectivity index (χ1n) is 8.03. The van der Waals surface area contributed by atoms with Crippen LogP contribution >= 0.6 is 11.6 Å². The molecule has 0 spiro atoms. The number of aryl methyl sites for hydroxylation is 1. The lowest BCUT2D eigenvalue weighted by Gasteiger charge is -2.16. The zero-order valence-electron chi connectivity index (χ0n) is 14.5. The minimum absolute atomic E-state index is 0.195. The van der Waals surface area contributed by atoms with Crippen molar-refractivity contribution in [1.82, 2.24) is 20.2 Å². The normalized spacial score (nSPS) is 11.7. The summed E-state index contributed by atoms with van der Waals surface area (Å²) in [6, 6.07) is 5.65. The van der Waals surface area contributed by atoms with E-state index in [9.17, 15) is 24.3 Å². The molecule has 4 N–H and O–H groups in total. The van der Waals surface area contributed by atoms with E-state index in [2.05, 4.69) is 15.6 Å². The summed E-state index contributed by atoms with van der Waals surface area (Å²) < 4.78 is 1.01. The molecule has 27 heavy (non-hydrogen) atoms. The molecule has 0 aliphatic heterocycles. The molecule has 0 fully saturated rings. The number of nitrogens with one attached hydrogen (secondary N) is 3. The largest absolute Gasteiger partial charge is 0.394 e. The second kappa shape index (κ2) is 9.15. The molecular weight excluding hydrogens is 376 g/mol. The number of aliphatic hydroxyl groups is 1. The van der Waals surface area contributed by atoms with Gasteiger partial charge in [-0.05, 0) is 24.6 Å². The van der Waals surface area contributed by atoms with Gasteiger partial charge in [0.2, 0.25) is 11.8 Å². The van der Waals surface area contributed by atoms with Crippen molar-refractivity contribution in [3.63, 3.8) is 0 Å². The topological polar surface area (TPSA) is 133 Å². The highest BCUT2D eigenvalue weighted by Crippen LogP contribution is 2.09. The Morgan fingerprint density at radius 2 is 1.93 bits per heavy atom. The molecule has 0 radical (unpaired) electrons. The Balaban J connectivity index is 1.94. The predicted molar refractivity (Wildman–Crippen MR) is 98.4 cm³/mol. The number of rotatable bonds is 7. The number of aliphatic hydroxyl groups excluding tert-OH is 1. The van der Waals surface area contributed by atoms with Crippen LogP contribution in [0.2, 0.25) is 5.02 Å². The third-order valence-electron chi connectivity index (χ3n) is 3.72. The second-order valence-corrected chi connectivity index (χ2v) is 6.28. The second-order valence-electron chi connectivity index (χ2n) is 5.85. The highest BCUT2D eigenvalue weighted by molar-refractivity contribution is 6.30. The molecule has 1 aromatic heterocycles. The van der Waals surface area contributed by atoms with Gasteiger partial charge in [-0.25, -0.2) is 4.79 Å². The fourth-order valence-electron chi connectivity index (χ4n) is 2.24. The van der Waals surface area contributed by atoms with Crippen molar-refractivity contribution in [2.45, 2.75) is 26.1 Å². The number of amides is 2. The summed E-state index contributed by atoms with van der Waals surface area (Å²) in [5.41, 5.74) is -0.215. The lowest BCUT2D eigenvalue weighted by atomic mass is 10.2. The Bertz CT molecular complexity index is 936. The van der Waals surface area contributed by atoms with Crippen molar-refractivity contribution >= 4 is 23.4 Å². The van der Waals surface area contributed by atoms with Crippen LogP contribution in [-0.4, -0.2) is 39.1 Å². The van der Waals surface area contributed by atoms with Crippen LogP contribution in [0.3, 0.4) is 0 Å². The predicted octanol–water partition coefficient (Wildman–Crippen LogP) is -0.708. The number of carbonyl (C=O) groups is 2. The maximum Gasteiger partial charge on any atom is 0.328 e. The van der Waals surface area contributed by atoms with Crippen LogP contribution in [0, 0.1) is 6.92 Å². The molecule has 2 aromatic rings. The number of nitrogens with zero attached hydrogens (tertiary/aromatic N) is 1. The molecule has 1 aromatic carbocycles. The standard InChI is InChI=1S/C17H19ClN4O5/c1-10-7-22(17(27)21-15(10)25)8-14(24)20-13(9-23)16(26)19-6-11-2-4-12(18)5-3-11/h2-5,7,13,23H,6,8-9H2,1H3,(H,19,26)(H,20,24)(H,21,25,27). The van der Waals surface area contributed by atoms with Crippen LogP contribution in [0.25, 0.3) is 0 Å². The molecule has 10 heteroatoms. The smallest absolute Gasteiger partial charge is 0.328 e. The SMILES string of the molecule is Cc1cn(CC(=O)NC(CO)C(=O)NCc2ccc(Cl)cc2)c(=O)[nH]c1=O. The van der Waals surface area contributed by atoms with Crippen molar-refractivity contribution in [2.24, 2.45) is 0 Å². The van der Waals surface area contributed by atoms with Gasteiger partial charge in [-0.3, -0.25) is 23.9 Å². The van der Waals surface area contributed by atoms with Crippen LogP contribution < -0.4 is 21.9 Å². The summed E-state index contributed by atoms with van der Waals surface area (Å²) >= 11 is 5.79. The van der Waals surface area contributed by atoms with Crippen molar-refractivity contribution in [2.75, 3.05) is 6.61 Å². The number of aromatic nitrogens is 2.